The van der Waals surface area contributed by atoms with Crippen LogP contribution >= 0.6 is 0 Å². The number of esters is 3. The van der Waals surface area contributed by atoms with Gasteiger partial charge >= 0.3 is 17.9 Å². The van der Waals surface area contributed by atoms with Gasteiger partial charge in [0.25, 0.3) is 0 Å². The zero-order valence-electron chi connectivity index (χ0n) is 53.5. The summed E-state index contributed by atoms with van der Waals surface area (Å²) >= 11 is 0. The highest BCUT2D eigenvalue weighted by molar-refractivity contribution is 5.71. The normalized spacial score (nSPS) is 12.7. The first-order chi connectivity index (χ1) is 40.0. The van der Waals surface area contributed by atoms with Crippen LogP contribution in [0.1, 0.15) is 342 Å². The van der Waals surface area contributed by atoms with Gasteiger partial charge in [0.05, 0.1) is 0 Å². The van der Waals surface area contributed by atoms with Gasteiger partial charge in [0, 0.05) is 19.3 Å². The molecule has 0 radical (unpaired) electrons. The Hall–Kier alpha value is -3.67. The van der Waals surface area contributed by atoms with Crippen molar-refractivity contribution in [3.63, 3.8) is 0 Å². The number of unbranched alkanes of at least 4 members (excludes halogenated alkanes) is 36. The van der Waals surface area contributed by atoms with Gasteiger partial charge in [-0.3, -0.25) is 14.4 Å². The van der Waals surface area contributed by atoms with E-state index in [1.807, 2.05) is 0 Å². The highest BCUT2D eigenvalue weighted by Crippen LogP contribution is 2.17. The average Bonchev–Trinajstić information content (AvgIpc) is 3.47. The summed E-state index contributed by atoms with van der Waals surface area (Å²) in [5.74, 6) is -0.885. The molecular weight excluding hydrogens is 997 g/mol. The minimum absolute atomic E-state index is 0.0812. The molecule has 0 saturated heterocycles. The van der Waals surface area contributed by atoms with Gasteiger partial charge in [-0.1, -0.05) is 304 Å². The van der Waals surface area contributed by atoms with Crippen LogP contribution in [0.5, 0.6) is 0 Å². The van der Waals surface area contributed by atoms with E-state index < -0.39 is 6.10 Å². The van der Waals surface area contributed by atoms with Gasteiger partial charge in [0.1, 0.15) is 13.2 Å². The standard InChI is InChI=1S/C75H130O6/c1-4-7-10-13-16-19-22-25-28-30-32-33-34-35-36-37-38-39-40-41-43-44-47-50-53-56-59-62-65-68-74(77)80-71-72(70-79-73(76)67-64-61-58-55-52-49-46-27-24-21-18-15-12-9-6-3)81-75(78)69-66-63-60-57-54-51-48-45-42-31-29-26-23-20-17-14-11-8-5-2/h7,9-10,12,16,18-19,21,25-29,32-33,46,72H,4-6,8,11,13-15,17,20,22-24,30-31,34-45,47-71H2,1-3H3/b10-7-,12-9-,19-16-,21-18-,28-25-,29-26-,33-32-,46-27-. The van der Waals surface area contributed by atoms with Crippen molar-refractivity contribution in [2.75, 3.05) is 13.2 Å². The lowest BCUT2D eigenvalue weighted by atomic mass is 10.0. The van der Waals surface area contributed by atoms with Crippen molar-refractivity contribution in [1.29, 1.82) is 0 Å². The van der Waals surface area contributed by atoms with Gasteiger partial charge in [0.15, 0.2) is 6.10 Å². The fraction of sp³-hybridized carbons (Fsp3) is 0.747. The third-order valence-corrected chi connectivity index (χ3v) is 15.1. The fourth-order valence-electron chi connectivity index (χ4n) is 9.92. The molecular formula is C75H130O6. The van der Waals surface area contributed by atoms with Gasteiger partial charge in [-0.25, -0.2) is 0 Å². The first-order valence-corrected chi connectivity index (χ1v) is 34.7. The number of allylic oxidation sites excluding steroid dienone is 16. The molecule has 0 fully saturated rings. The van der Waals surface area contributed by atoms with Crippen molar-refractivity contribution in [3.8, 4) is 0 Å². The topological polar surface area (TPSA) is 78.9 Å². The Balaban J connectivity index is 4.27. The van der Waals surface area contributed by atoms with Gasteiger partial charge in [-0.15, -0.1) is 0 Å². The molecule has 0 aromatic rings. The lowest BCUT2D eigenvalue weighted by Gasteiger charge is -2.18. The molecule has 6 heteroatoms. The van der Waals surface area contributed by atoms with Gasteiger partial charge in [0.2, 0.25) is 0 Å². The second-order valence-electron chi connectivity index (χ2n) is 23.0. The molecule has 0 aromatic heterocycles. The van der Waals surface area contributed by atoms with Crippen molar-refractivity contribution >= 4 is 17.9 Å². The SMILES string of the molecule is CC/C=C\C/C=C\C/C=C\C/C=C\CCCCCCCCCCCCCCCCCCC(=O)OCC(COC(=O)CCCCCCC/C=C\C/C=C\C/C=C\CC)OC(=O)CCCCCCCCCCC/C=C\CCCCCCCC. The van der Waals surface area contributed by atoms with E-state index in [0.717, 1.165) is 122 Å². The predicted octanol–water partition coefficient (Wildman–Crippen LogP) is 24.0. The van der Waals surface area contributed by atoms with Crippen LogP contribution in [-0.4, -0.2) is 37.2 Å². The van der Waals surface area contributed by atoms with E-state index in [0.29, 0.717) is 19.3 Å². The lowest BCUT2D eigenvalue weighted by molar-refractivity contribution is -0.167. The Kier molecular flexibility index (Phi) is 65.7. The Morgan fingerprint density at radius 1 is 0.259 bits per heavy atom. The summed E-state index contributed by atoms with van der Waals surface area (Å²) in [5.41, 5.74) is 0. The first-order valence-electron chi connectivity index (χ1n) is 34.7. The van der Waals surface area contributed by atoms with Gasteiger partial charge < -0.3 is 14.2 Å². The molecule has 0 aliphatic heterocycles. The van der Waals surface area contributed by atoms with E-state index in [1.165, 1.54) is 180 Å². The third kappa shape index (κ3) is 67.0. The molecule has 0 aromatic carbocycles. The second kappa shape index (κ2) is 68.8. The Morgan fingerprint density at radius 3 is 0.765 bits per heavy atom. The lowest BCUT2D eigenvalue weighted by Crippen LogP contribution is -2.30. The van der Waals surface area contributed by atoms with Crippen LogP contribution < -0.4 is 0 Å². The van der Waals surface area contributed by atoms with Crippen molar-refractivity contribution in [2.24, 2.45) is 0 Å². The summed E-state index contributed by atoms with van der Waals surface area (Å²) in [6, 6.07) is 0. The van der Waals surface area contributed by atoms with E-state index in [-0.39, 0.29) is 31.1 Å². The average molecular weight is 1130 g/mol. The van der Waals surface area contributed by atoms with Crippen molar-refractivity contribution < 1.29 is 28.6 Å². The first kappa shape index (κ1) is 77.3. The zero-order valence-corrected chi connectivity index (χ0v) is 53.5. The van der Waals surface area contributed by atoms with Crippen LogP contribution in [0.25, 0.3) is 0 Å². The van der Waals surface area contributed by atoms with E-state index in [9.17, 15) is 14.4 Å². The molecule has 0 aliphatic rings. The molecule has 0 heterocycles. The number of rotatable bonds is 63. The molecule has 6 nitrogen and oxygen atoms in total. The van der Waals surface area contributed by atoms with Crippen LogP contribution in [0, 0.1) is 0 Å². The highest BCUT2D eigenvalue weighted by Gasteiger charge is 2.19. The molecule has 1 atom stereocenters. The quantitative estimate of drug-likeness (QED) is 0.0261. The van der Waals surface area contributed by atoms with E-state index in [1.54, 1.807) is 0 Å². The predicted molar refractivity (Wildman–Crippen MR) is 353 cm³/mol. The Morgan fingerprint density at radius 2 is 0.481 bits per heavy atom. The molecule has 0 saturated carbocycles. The molecule has 0 bridgehead atoms. The maximum Gasteiger partial charge on any atom is 0.306 e. The summed E-state index contributed by atoms with van der Waals surface area (Å²) in [7, 11) is 0. The van der Waals surface area contributed by atoms with E-state index in [4.69, 9.17) is 14.2 Å². The summed E-state index contributed by atoms with van der Waals surface area (Å²) in [6.07, 6.45) is 92.9. The van der Waals surface area contributed by atoms with Crippen LogP contribution in [-0.2, 0) is 28.6 Å². The maximum atomic E-state index is 12.9. The molecule has 0 rings (SSSR count). The monoisotopic (exact) mass is 1130 g/mol. The highest BCUT2D eigenvalue weighted by atomic mass is 16.6. The number of carbonyl (C=O) groups excluding carboxylic acids is 3. The maximum absolute atomic E-state index is 12.9. The summed E-state index contributed by atoms with van der Waals surface area (Å²) in [6.45, 7) is 6.44. The van der Waals surface area contributed by atoms with Gasteiger partial charge in [-0.05, 0) is 116 Å². The molecule has 0 spiro atoms. The molecule has 0 N–H and O–H groups in total. The fourth-order valence-corrected chi connectivity index (χ4v) is 9.92. The second-order valence-corrected chi connectivity index (χ2v) is 23.0. The smallest absolute Gasteiger partial charge is 0.306 e. The third-order valence-electron chi connectivity index (χ3n) is 15.1. The minimum Gasteiger partial charge on any atom is -0.462 e. The van der Waals surface area contributed by atoms with Crippen molar-refractivity contribution in [1.82, 2.24) is 0 Å². The molecule has 0 amide bonds. The summed E-state index contributed by atoms with van der Waals surface area (Å²) in [5, 5.41) is 0. The molecule has 81 heavy (non-hydrogen) atoms. The molecule has 466 valence electrons. The van der Waals surface area contributed by atoms with Crippen LogP contribution in [0.3, 0.4) is 0 Å². The van der Waals surface area contributed by atoms with Crippen molar-refractivity contribution in [2.45, 2.75) is 348 Å². The Bertz CT molecular complexity index is 1580. The number of hydrogen-bond acceptors (Lipinski definition) is 6. The van der Waals surface area contributed by atoms with Crippen LogP contribution in [0.15, 0.2) is 97.2 Å². The van der Waals surface area contributed by atoms with Gasteiger partial charge in [-0.2, -0.15) is 0 Å². The summed E-state index contributed by atoms with van der Waals surface area (Å²) < 4.78 is 17.0. The largest absolute Gasteiger partial charge is 0.462 e. The minimum atomic E-state index is -0.787. The van der Waals surface area contributed by atoms with E-state index >= 15 is 0 Å². The number of hydrogen-bond donors (Lipinski definition) is 0. The molecule has 0 aliphatic carbocycles. The van der Waals surface area contributed by atoms with Crippen molar-refractivity contribution in [3.05, 3.63) is 97.2 Å². The summed E-state index contributed by atoms with van der Waals surface area (Å²) in [4.78, 5) is 38.4. The van der Waals surface area contributed by atoms with Crippen LogP contribution in [0.2, 0.25) is 0 Å². The van der Waals surface area contributed by atoms with Crippen LogP contribution in [0.4, 0.5) is 0 Å². The number of ether oxygens (including phenoxy) is 3. The Labute approximate surface area is 502 Å². The zero-order chi connectivity index (χ0) is 58.5. The molecule has 1 unspecified atom stereocenters. The number of carbonyl (C=O) groups is 3. The van der Waals surface area contributed by atoms with E-state index in [2.05, 4.69) is 118 Å².